The average molecular weight is 476 g/mol. The van der Waals surface area contributed by atoms with Crippen molar-refractivity contribution in [1.82, 2.24) is 20.3 Å². The Morgan fingerprint density at radius 3 is 2.58 bits per heavy atom. The van der Waals surface area contributed by atoms with Crippen molar-refractivity contribution >= 4 is 22.9 Å². The lowest BCUT2D eigenvalue weighted by Crippen LogP contribution is -2.36. The van der Waals surface area contributed by atoms with Crippen molar-refractivity contribution in [2.24, 2.45) is 5.73 Å². The first kappa shape index (κ1) is 22.2. The smallest absolute Gasteiger partial charge is 0.153 e. The van der Waals surface area contributed by atoms with Gasteiger partial charge in [0, 0.05) is 22.7 Å². The zero-order chi connectivity index (χ0) is 22.8. The third-order valence-electron chi connectivity index (χ3n) is 6.16. The monoisotopic (exact) mass is 475 g/mol. The molecule has 1 aliphatic heterocycles. The van der Waals surface area contributed by atoms with Gasteiger partial charge < -0.3 is 11.1 Å². The van der Waals surface area contributed by atoms with Crippen molar-refractivity contribution in [2.75, 3.05) is 13.1 Å². The summed E-state index contributed by atoms with van der Waals surface area (Å²) in [6.45, 7) is 3.99. The summed E-state index contributed by atoms with van der Waals surface area (Å²) in [6.07, 6.45) is 3.97. The number of aromatic nitrogens is 3. The van der Waals surface area contributed by atoms with E-state index in [9.17, 15) is 0 Å². The van der Waals surface area contributed by atoms with Crippen LogP contribution in [0.2, 0.25) is 5.02 Å². The van der Waals surface area contributed by atoms with Crippen LogP contribution in [0.1, 0.15) is 42.1 Å². The van der Waals surface area contributed by atoms with E-state index in [0.29, 0.717) is 16.8 Å². The third kappa shape index (κ3) is 4.57. The van der Waals surface area contributed by atoms with Gasteiger partial charge in [-0.05, 0) is 56.6 Å². The number of hydrogen-bond acceptors (Lipinski definition) is 6. The van der Waals surface area contributed by atoms with E-state index in [1.165, 1.54) is 0 Å². The Kier molecular flexibility index (Phi) is 6.25. The predicted octanol–water partition coefficient (Wildman–Crippen LogP) is 5.61. The van der Waals surface area contributed by atoms with Crippen LogP contribution in [0.15, 0.2) is 66.9 Å². The zero-order valence-electron chi connectivity index (χ0n) is 18.5. The van der Waals surface area contributed by atoms with Crippen molar-refractivity contribution in [3.8, 4) is 21.8 Å². The molecule has 1 fully saturated rings. The summed E-state index contributed by atoms with van der Waals surface area (Å²) in [7, 11) is 0. The van der Waals surface area contributed by atoms with Gasteiger partial charge in [-0.1, -0.05) is 54.1 Å². The molecule has 0 unspecified atom stereocenters. The van der Waals surface area contributed by atoms with E-state index in [2.05, 4.69) is 16.4 Å². The summed E-state index contributed by atoms with van der Waals surface area (Å²) in [5.74, 6) is 1.04. The molecule has 5 nitrogen and oxygen atoms in total. The number of rotatable bonds is 5. The molecule has 0 spiro atoms. The van der Waals surface area contributed by atoms with Crippen LogP contribution in [0.5, 0.6) is 0 Å². The fourth-order valence-corrected chi connectivity index (χ4v) is 5.65. The number of nitrogens with one attached hydrogen (secondary N) is 1. The van der Waals surface area contributed by atoms with E-state index in [4.69, 9.17) is 27.3 Å². The topological polar surface area (TPSA) is 76.7 Å². The molecule has 4 aromatic rings. The van der Waals surface area contributed by atoms with Crippen LogP contribution in [-0.2, 0) is 5.54 Å². The molecule has 1 aliphatic rings. The van der Waals surface area contributed by atoms with Gasteiger partial charge in [0.1, 0.15) is 0 Å². The Labute approximate surface area is 203 Å². The van der Waals surface area contributed by atoms with E-state index in [1.807, 2.05) is 61.5 Å². The van der Waals surface area contributed by atoms with Crippen LogP contribution in [0.4, 0.5) is 0 Å². The van der Waals surface area contributed by atoms with Gasteiger partial charge in [-0.15, -0.1) is 11.3 Å². The molecule has 33 heavy (non-hydrogen) atoms. The van der Waals surface area contributed by atoms with Crippen LogP contribution >= 0.6 is 22.9 Å². The molecule has 0 saturated carbocycles. The molecule has 2 aromatic heterocycles. The first-order valence-electron chi connectivity index (χ1n) is 11.2. The Bertz CT molecular complexity index is 1250. The summed E-state index contributed by atoms with van der Waals surface area (Å²) in [4.78, 5) is 15.6. The first-order valence-corrected chi connectivity index (χ1v) is 12.4. The second-order valence-corrected chi connectivity index (χ2v) is 10.1. The zero-order valence-corrected chi connectivity index (χ0v) is 20.0. The Morgan fingerprint density at radius 2 is 1.82 bits per heavy atom. The van der Waals surface area contributed by atoms with Crippen LogP contribution in [-0.4, -0.2) is 28.0 Å². The number of nitrogens with zero attached hydrogens (tertiary/aromatic N) is 3. The van der Waals surface area contributed by atoms with Gasteiger partial charge in [-0.3, -0.25) is 0 Å². The highest BCUT2D eigenvalue weighted by atomic mass is 35.5. The summed E-state index contributed by atoms with van der Waals surface area (Å²) < 4.78 is 0. The standard InChI is InChI=1S/C26H26ClN5S/c1-26(28,19-7-3-2-4-8-19)25-30-15-12-21(31-25)23-22(18-6-5-9-20(27)16-18)32-24(33-23)17-10-13-29-14-11-17/h2-9,12,15-17,29H,10-11,13-14,28H2,1H3/t26-/m0/s1. The predicted molar refractivity (Wildman–Crippen MR) is 136 cm³/mol. The maximum absolute atomic E-state index is 6.74. The molecule has 3 N–H and O–H groups in total. The molecule has 1 atom stereocenters. The lowest BCUT2D eigenvalue weighted by Gasteiger charge is -2.23. The molecule has 0 aliphatic carbocycles. The number of thiazole rings is 1. The van der Waals surface area contributed by atoms with Gasteiger partial charge in [0.2, 0.25) is 0 Å². The van der Waals surface area contributed by atoms with Crippen molar-refractivity contribution in [1.29, 1.82) is 0 Å². The van der Waals surface area contributed by atoms with Crippen molar-refractivity contribution < 1.29 is 0 Å². The lowest BCUT2D eigenvalue weighted by molar-refractivity contribution is 0.459. The normalized spacial score (nSPS) is 16.5. The minimum absolute atomic E-state index is 0.452. The molecule has 5 rings (SSSR count). The molecular formula is C26H26ClN5S. The fourth-order valence-electron chi connectivity index (χ4n) is 4.23. The van der Waals surface area contributed by atoms with Crippen LogP contribution < -0.4 is 11.1 Å². The number of piperidine rings is 1. The highest BCUT2D eigenvalue weighted by Crippen LogP contribution is 2.41. The number of halogens is 1. The van der Waals surface area contributed by atoms with Crippen LogP contribution in [0, 0.1) is 0 Å². The van der Waals surface area contributed by atoms with Gasteiger partial charge >= 0.3 is 0 Å². The van der Waals surface area contributed by atoms with Gasteiger partial charge in [0.25, 0.3) is 0 Å². The maximum Gasteiger partial charge on any atom is 0.153 e. The van der Waals surface area contributed by atoms with E-state index in [1.54, 1.807) is 17.5 Å². The quantitative estimate of drug-likeness (QED) is 0.392. The molecule has 2 aromatic carbocycles. The number of nitrogens with two attached hydrogens (primary N) is 1. The van der Waals surface area contributed by atoms with Crippen LogP contribution in [0.3, 0.4) is 0 Å². The second-order valence-electron chi connectivity index (χ2n) is 8.60. The highest BCUT2D eigenvalue weighted by molar-refractivity contribution is 7.15. The maximum atomic E-state index is 6.74. The summed E-state index contributed by atoms with van der Waals surface area (Å²) >= 11 is 8.05. The summed E-state index contributed by atoms with van der Waals surface area (Å²) in [5, 5.41) is 5.29. The van der Waals surface area contributed by atoms with Crippen molar-refractivity contribution in [2.45, 2.75) is 31.2 Å². The molecule has 1 saturated heterocycles. The Hall–Kier alpha value is -2.64. The molecule has 168 valence electrons. The van der Waals surface area contributed by atoms with Crippen LogP contribution in [0.25, 0.3) is 21.8 Å². The summed E-state index contributed by atoms with van der Waals surface area (Å²) in [6, 6.07) is 19.8. The van der Waals surface area contributed by atoms with Crippen molar-refractivity contribution in [3.63, 3.8) is 0 Å². The fraction of sp³-hybridized carbons (Fsp3) is 0.269. The second kappa shape index (κ2) is 9.31. The minimum Gasteiger partial charge on any atom is -0.317 e. The Balaban J connectivity index is 1.61. The first-order chi connectivity index (χ1) is 16.0. The Morgan fingerprint density at radius 1 is 1.03 bits per heavy atom. The minimum atomic E-state index is -0.809. The third-order valence-corrected chi connectivity index (χ3v) is 7.63. The van der Waals surface area contributed by atoms with Gasteiger partial charge in [-0.25, -0.2) is 15.0 Å². The number of hydrogen-bond donors (Lipinski definition) is 2. The average Bonchev–Trinajstić information content (AvgIpc) is 3.31. The van der Waals surface area contributed by atoms with E-state index < -0.39 is 5.54 Å². The van der Waals surface area contributed by atoms with Gasteiger partial charge in [-0.2, -0.15) is 0 Å². The van der Waals surface area contributed by atoms with Gasteiger partial charge in [0.05, 0.1) is 26.8 Å². The summed E-state index contributed by atoms with van der Waals surface area (Å²) in [5.41, 5.74) is 9.64. The lowest BCUT2D eigenvalue weighted by atomic mass is 9.92. The highest BCUT2D eigenvalue weighted by Gasteiger charge is 2.29. The van der Waals surface area contributed by atoms with Gasteiger partial charge in [0.15, 0.2) is 5.82 Å². The molecule has 0 amide bonds. The molecule has 3 heterocycles. The molecular weight excluding hydrogens is 450 g/mol. The molecule has 0 radical (unpaired) electrons. The largest absolute Gasteiger partial charge is 0.317 e. The SMILES string of the molecule is C[C@](N)(c1ccccc1)c1nccc(-c2sc(C3CCNCC3)nc2-c2cccc(Cl)c2)n1. The molecule has 7 heteroatoms. The number of benzene rings is 2. The van der Waals surface area contributed by atoms with E-state index in [-0.39, 0.29) is 0 Å². The van der Waals surface area contributed by atoms with E-state index >= 15 is 0 Å². The van der Waals surface area contributed by atoms with E-state index in [0.717, 1.165) is 58.3 Å². The molecule has 0 bridgehead atoms. The van der Waals surface area contributed by atoms with Crippen molar-refractivity contribution in [3.05, 3.63) is 88.3 Å².